The molecule has 0 radical (unpaired) electrons. The van der Waals surface area contributed by atoms with Crippen molar-refractivity contribution in [2.75, 3.05) is 26.2 Å². The fourth-order valence-corrected chi connectivity index (χ4v) is 3.14. The molecule has 1 saturated heterocycles. The first-order valence-electron chi connectivity index (χ1n) is 9.70. The summed E-state index contributed by atoms with van der Waals surface area (Å²) in [7, 11) is 0. The number of esters is 1. The van der Waals surface area contributed by atoms with Crippen LogP contribution in [0, 0.1) is 6.92 Å². The molecule has 1 aliphatic heterocycles. The number of carbonyl (C=O) groups excluding carboxylic acids is 3. The maximum absolute atomic E-state index is 13.1. The quantitative estimate of drug-likeness (QED) is 0.446. The highest BCUT2D eigenvalue weighted by atomic mass is 16.5. The van der Waals surface area contributed by atoms with Gasteiger partial charge in [0.15, 0.2) is 0 Å². The summed E-state index contributed by atoms with van der Waals surface area (Å²) in [6.45, 7) is 7.91. The Hall–Kier alpha value is -3.62. The van der Waals surface area contributed by atoms with Crippen molar-refractivity contribution in [2.24, 2.45) is 0 Å². The fraction of sp³-hybridized carbons (Fsp3) is 0.333. The number of rotatable bonds is 6. The number of nitrogens with zero attached hydrogens (tertiary/aromatic N) is 4. The number of nitrogens with one attached hydrogen (secondary N) is 1. The molecule has 1 aromatic heterocycles. The molecule has 0 atom stereocenters. The maximum atomic E-state index is 13.1. The lowest BCUT2D eigenvalue weighted by Gasteiger charge is -2.27. The van der Waals surface area contributed by atoms with E-state index in [1.165, 1.54) is 16.2 Å². The molecule has 9 heteroatoms. The van der Waals surface area contributed by atoms with Gasteiger partial charge in [-0.1, -0.05) is 24.8 Å². The van der Waals surface area contributed by atoms with Crippen LogP contribution in [0.3, 0.4) is 0 Å². The molecule has 30 heavy (non-hydrogen) atoms. The van der Waals surface area contributed by atoms with E-state index in [-0.39, 0.29) is 19.1 Å². The van der Waals surface area contributed by atoms with Gasteiger partial charge in [-0.2, -0.15) is 5.10 Å². The minimum Gasteiger partial charge on any atom is -0.460 e. The average Bonchev–Trinajstić information content (AvgIpc) is 3.38. The van der Waals surface area contributed by atoms with E-state index in [1.807, 2.05) is 37.3 Å². The van der Waals surface area contributed by atoms with Gasteiger partial charge in [-0.05, 0) is 32.4 Å². The Labute approximate surface area is 174 Å². The Morgan fingerprint density at radius 2 is 1.87 bits per heavy atom. The summed E-state index contributed by atoms with van der Waals surface area (Å²) in [6.07, 6.45) is 2.20. The minimum atomic E-state index is -0.506. The van der Waals surface area contributed by atoms with Crippen molar-refractivity contribution in [2.45, 2.75) is 20.3 Å². The predicted octanol–water partition coefficient (Wildman–Crippen LogP) is 2.07. The molecular weight excluding hydrogens is 386 g/mol. The number of benzene rings is 1. The van der Waals surface area contributed by atoms with E-state index < -0.39 is 12.0 Å². The number of para-hydroxylation sites is 1. The lowest BCUT2D eigenvalue weighted by atomic mass is 10.2. The highest BCUT2D eigenvalue weighted by molar-refractivity contribution is 5.96. The van der Waals surface area contributed by atoms with Gasteiger partial charge in [0.25, 0.3) is 5.91 Å². The lowest BCUT2D eigenvalue weighted by molar-refractivity contribution is -0.138. The standard InChI is InChI=1S/C21H25N5O4/c1-15(2)20(28)30-13-10-22-21(29)25-12-7-11-24(25)19(27)18-14-23-26(16(18)3)17-8-5-4-6-9-17/h4-6,8-9,14H,1,7,10-13H2,2-3H3,(H,22,29). The van der Waals surface area contributed by atoms with Crippen LogP contribution in [0.1, 0.15) is 29.4 Å². The van der Waals surface area contributed by atoms with Gasteiger partial charge in [0.1, 0.15) is 6.61 Å². The molecule has 0 aliphatic carbocycles. The van der Waals surface area contributed by atoms with Crippen LogP contribution in [-0.2, 0) is 9.53 Å². The van der Waals surface area contributed by atoms with Crippen molar-refractivity contribution in [1.82, 2.24) is 25.1 Å². The summed E-state index contributed by atoms with van der Waals surface area (Å²) >= 11 is 0. The van der Waals surface area contributed by atoms with Crippen molar-refractivity contribution in [1.29, 1.82) is 0 Å². The monoisotopic (exact) mass is 411 g/mol. The fourth-order valence-electron chi connectivity index (χ4n) is 3.14. The van der Waals surface area contributed by atoms with Crippen molar-refractivity contribution in [3.8, 4) is 5.69 Å². The summed E-state index contributed by atoms with van der Waals surface area (Å²) in [4.78, 5) is 37.0. The third-order valence-corrected chi connectivity index (χ3v) is 4.70. The van der Waals surface area contributed by atoms with E-state index >= 15 is 0 Å². The minimum absolute atomic E-state index is 0.0299. The second-order valence-corrected chi connectivity index (χ2v) is 6.94. The maximum Gasteiger partial charge on any atom is 0.336 e. The molecule has 1 N–H and O–H groups in total. The van der Waals surface area contributed by atoms with Gasteiger partial charge in [-0.15, -0.1) is 0 Å². The number of hydrogen-bond donors (Lipinski definition) is 1. The molecule has 3 rings (SSSR count). The Kier molecular flexibility index (Phi) is 6.51. The van der Waals surface area contributed by atoms with Crippen LogP contribution >= 0.6 is 0 Å². The van der Waals surface area contributed by atoms with Gasteiger partial charge in [0.05, 0.1) is 29.7 Å². The molecule has 2 heterocycles. The summed E-state index contributed by atoms with van der Waals surface area (Å²) < 4.78 is 6.66. The van der Waals surface area contributed by atoms with Crippen molar-refractivity contribution in [3.05, 3.63) is 59.9 Å². The number of ether oxygens (including phenoxy) is 1. The molecule has 3 amide bonds. The summed E-state index contributed by atoms with van der Waals surface area (Å²) in [5.74, 6) is -0.788. The highest BCUT2D eigenvalue weighted by Crippen LogP contribution is 2.19. The van der Waals surface area contributed by atoms with Gasteiger partial charge in [0, 0.05) is 18.7 Å². The van der Waals surface area contributed by atoms with Gasteiger partial charge < -0.3 is 10.1 Å². The van der Waals surface area contributed by atoms with Crippen LogP contribution in [0.25, 0.3) is 5.69 Å². The van der Waals surface area contributed by atoms with Crippen molar-refractivity contribution >= 4 is 17.9 Å². The third-order valence-electron chi connectivity index (χ3n) is 4.70. The summed E-state index contributed by atoms with van der Waals surface area (Å²) in [5.41, 5.74) is 2.29. The smallest absolute Gasteiger partial charge is 0.336 e. The van der Waals surface area contributed by atoms with Crippen LogP contribution in [0.4, 0.5) is 4.79 Å². The second-order valence-electron chi connectivity index (χ2n) is 6.94. The molecule has 0 unspecified atom stereocenters. The topological polar surface area (TPSA) is 96.8 Å². The Balaban J connectivity index is 1.63. The predicted molar refractivity (Wildman–Crippen MR) is 110 cm³/mol. The van der Waals surface area contributed by atoms with Gasteiger partial charge in [0.2, 0.25) is 0 Å². The normalized spacial score (nSPS) is 13.3. The molecule has 9 nitrogen and oxygen atoms in total. The zero-order chi connectivity index (χ0) is 21.7. The van der Waals surface area contributed by atoms with Crippen molar-refractivity contribution < 1.29 is 19.1 Å². The zero-order valence-electron chi connectivity index (χ0n) is 17.1. The van der Waals surface area contributed by atoms with Crippen LogP contribution < -0.4 is 5.32 Å². The van der Waals surface area contributed by atoms with E-state index in [9.17, 15) is 14.4 Å². The van der Waals surface area contributed by atoms with Crippen LogP contribution in [0.2, 0.25) is 0 Å². The SMILES string of the molecule is C=C(C)C(=O)OCCNC(=O)N1CCCN1C(=O)c1cnn(-c2ccccc2)c1C. The molecule has 0 saturated carbocycles. The Bertz CT molecular complexity index is 954. The van der Waals surface area contributed by atoms with E-state index in [1.54, 1.807) is 11.6 Å². The van der Waals surface area contributed by atoms with E-state index in [4.69, 9.17) is 4.74 Å². The van der Waals surface area contributed by atoms with Gasteiger partial charge >= 0.3 is 12.0 Å². The Morgan fingerprint density at radius 3 is 2.57 bits per heavy atom. The first kappa shape index (κ1) is 21.1. The first-order valence-corrected chi connectivity index (χ1v) is 9.70. The largest absolute Gasteiger partial charge is 0.460 e. The zero-order valence-corrected chi connectivity index (χ0v) is 17.1. The Morgan fingerprint density at radius 1 is 1.17 bits per heavy atom. The van der Waals surface area contributed by atoms with Gasteiger partial charge in [-0.3, -0.25) is 4.79 Å². The number of aromatic nitrogens is 2. The molecule has 0 bridgehead atoms. The highest BCUT2D eigenvalue weighted by Gasteiger charge is 2.33. The molecule has 158 valence electrons. The molecule has 1 aromatic carbocycles. The van der Waals surface area contributed by atoms with E-state index in [2.05, 4.69) is 17.0 Å². The third kappa shape index (κ3) is 4.51. The number of hydrazine groups is 1. The number of urea groups is 1. The first-order chi connectivity index (χ1) is 14.4. The van der Waals surface area contributed by atoms with Gasteiger partial charge in [-0.25, -0.2) is 24.3 Å². The molecule has 0 spiro atoms. The lowest BCUT2D eigenvalue weighted by Crippen LogP contribution is -2.49. The van der Waals surface area contributed by atoms with Crippen molar-refractivity contribution in [3.63, 3.8) is 0 Å². The summed E-state index contributed by atoms with van der Waals surface area (Å²) in [6, 6.07) is 9.11. The number of carbonyl (C=O) groups is 3. The molecule has 2 aromatic rings. The molecular formula is C21H25N5O4. The van der Waals surface area contributed by atoms with E-state index in [0.717, 1.165) is 5.69 Å². The number of amides is 3. The summed E-state index contributed by atoms with van der Waals surface area (Å²) in [5, 5.41) is 9.80. The van der Waals surface area contributed by atoms with E-state index in [0.29, 0.717) is 36.3 Å². The second kappa shape index (κ2) is 9.25. The average molecular weight is 411 g/mol. The number of hydrogen-bond acceptors (Lipinski definition) is 5. The molecule has 1 aliphatic rings. The van der Waals surface area contributed by atoms with Crippen LogP contribution in [-0.4, -0.2) is 63.9 Å². The molecule has 1 fully saturated rings. The van der Waals surface area contributed by atoms with Crippen LogP contribution in [0.15, 0.2) is 48.7 Å². The van der Waals surface area contributed by atoms with Crippen LogP contribution in [0.5, 0.6) is 0 Å².